The van der Waals surface area contributed by atoms with Gasteiger partial charge in [-0.25, -0.2) is 0 Å². The predicted octanol–water partition coefficient (Wildman–Crippen LogP) is 0.481. The molecule has 0 atom stereocenters. The van der Waals surface area contributed by atoms with Crippen LogP contribution < -0.4 is 0 Å². The SMILES string of the molecule is CCC(=O)O.[Pr]. The van der Waals surface area contributed by atoms with Gasteiger partial charge >= 0.3 is 5.97 Å². The van der Waals surface area contributed by atoms with E-state index in [4.69, 9.17) is 5.11 Å². The number of hydrogen-bond donors (Lipinski definition) is 1. The Morgan fingerprint density at radius 1 is 1.83 bits per heavy atom. The standard InChI is InChI=1S/C3H6O2.Pr/c1-2-3(4)5;/h2H2,1H3,(H,4,5);. The summed E-state index contributed by atoms with van der Waals surface area (Å²) in [6, 6.07) is 0. The van der Waals surface area contributed by atoms with Gasteiger partial charge in [-0.1, -0.05) is 6.92 Å². The average Bonchev–Trinajstić information content (AvgIpc) is 1.38. The van der Waals surface area contributed by atoms with E-state index in [0.29, 0.717) is 0 Å². The minimum absolute atomic E-state index is 0. The first-order valence-electron chi connectivity index (χ1n) is 1.49. The molecule has 0 aliphatic carbocycles. The molecule has 33 valence electrons. The van der Waals surface area contributed by atoms with Gasteiger partial charge in [0, 0.05) is 47.7 Å². The van der Waals surface area contributed by atoms with Gasteiger partial charge in [-0.05, 0) is 0 Å². The molecule has 0 heterocycles. The van der Waals surface area contributed by atoms with Crippen molar-refractivity contribution >= 4 is 5.97 Å². The van der Waals surface area contributed by atoms with Crippen LogP contribution in [0.3, 0.4) is 0 Å². The molecule has 0 saturated carbocycles. The maximum Gasteiger partial charge on any atom is 0.303 e. The van der Waals surface area contributed by atoms with E-state index in [9.17, 15) is 4.79 Å². The summed E-state index contributed by atoms with van der Waals surface area (Å²) in [5.74, 6) is -0.745. The fourth-order valence-electron chi connectivity index (χ4n) is 0. The fraction of sp³-hybridized carbons (Fsp3) is 0.667. The van der Waals surface area contributed by atoms with Crippen LogP contribution in [0, 0.1) is 41.3 Å². The Bertz CT molecular complexity index is 44.1. The minimum atomic E-state index is -0.745. The largest absolute Gasteiger partial charge is 0.481 e. The number of rotatable bonds is 1. The van der Waals surface area contributed by atoms with Crippen molar-refractivity contribution in [2.24, 2.45) is 0 Å². The van der Waals surface area contributed by atoms with Gasteiger partial charge < -0.3 is 5.11 Å². The van der Waals surface area contributed by atoms with E-state index in [1.165, 1.54) is 0 Å². The second-order valence-corrected chi connectivity index (χ2v) is 0.747. The Morgan fingerprint density at radius 3 is 2.00 bits per heavy atom. The van der Waals surface area contributed by atoms with E-state index in [1.54, 1.807) is 6.92 Å². The summed E-state index contributed by atoms with van der Waals surface area (Å²) in [7, 11) is 0. The van der Waals surface area contributed by atoms with Crippen molar-refractivity contribution in [3.63, 3.8) is 0 Å². The molecule has 0 bridgehead atoms. The molecule has 0 aliphatic heterocycles. The van der Waals surface area contributed by atoms with Crippen LogP contribution in [0.4, 0.5) is 0 Å². The number of carboxylic acids is 1. The van der Waals surface area contributed by atoms with E-state index in [2.05, 4.69) is 0 Å². The topological polar surface area (TPSA) is 37.3 Å². The molecular weight excluding hydrogens is 209 g/mol. The molecule has 0 unspecified atom stereocenters. The molecule has 0 spiro atoms. The van der Waals surface area contributed by atoms with Crippen LogP contribution in [0.25, 0.3) is 0 Å². The molecule has 0 aromatic heterocycles. The van der Waals surface area contributed by atoms with Crippen LogP contribution in [-0.2, 0) is 4.79 Å². The van der Waals surface area contributed by atoms with Crippen LogP contribution in [0.5, 0.6) is 0 Å². The van der Waals surface area contributed by atoms with Crippen molar-refractivity contribution in [1.82, 2.24) is 0 Å². The zero-order valence-corrected chi connectivity index (χ0v) is 7.34. The molecule has 6 heavy (non-hydrogen) atoms. The maximum atomic E-state index is 9.37. The van der Waals surface area contributed by atoms with E-state index in [0.717, 1.165) is 0 Å². The third kappa shape index (κ3) is 8.85. The Kier molecular flexibility index (Phi) is 9.68. The van der Waals surface area contributed by atoms with Gasteiger partial charge in [-0.3, -0.25) is 4.79 Å². The van der Waals surface area contributed by atoms with Crippen molar-refractivity contribution in [1.29, 1.82) is 0 Å². The summed E-state index contributed by atoms with van der Waals surface area (Å²) in [6.07, 6.45) is 0.222. The molecule has 0 aromatic carbocycles. The zero-order chi connectivity index (χ0) is 4.28. The first-order valence-corrected chi connectivity index (χ1v) is 1.49. The summed E-state index contributed by atoms with van der Waals surface area (Å²) in [6.45, 7) is 1.60. The monoisotopic (exact) mass is 215 g/mol. The van der Waals surface area contributed by atoms with E-state index >= 15 is 0 Å². The van der Waals surface area contributed by atoms with Gasteiger partial charge in [0.05, 0.1) is 0 Å². The van der Waals surface area contributed by atoms with Crippen molar-refractivity contribution in [2.75, 3.05) is 0 Å². The number of hydrogen-bond acceptors (Lipinski definition) is 1. The summed E-state index contributed by atoms with van der Waals surface area (Å²) in [5.41, 5.74) is 0. The van der Waals surface area contributed by atoms with Crippen LogP contribution in [0.2, 0.25) is 0 Å². The molecule has 0 rings (SSSR count). The summed E-state index contributed by atoms with van der Waals surface area (Å²) in [5, 5.41) is 7.72. The van der Waals surface area contributed by atoms with Gasteiger partial charge in [-0.15, -0.1) is 0 Å². The number of carbonyl (C=O) groups is 1. The Labute approximate surface area is 69.9 Å². The molecule has 0 amide bonds. The van der Waals surface area contributed by atoms with E-state index < -0.39 is 5.97 Å². The quantitative estimate of drug-likeness (QED) is 0.690. The smallest absolute Gasteiger partial charge is 0.303 e. The molecule has 3 heteroatoms. The Morgan fingerprint density at radius 2 is 2.00 bits per heavy atom. The van der Waals surface area contributed by atoms with Crippen molar-refractivity contribution in [3.8, 4) is 0 Å². The van der Waals surface area contributed by atoms with Crippen LogP contribution in [0.1, 0.15) is 13.3 Å². The first-order chi connectivity index (χ1) is 2.27. The zero-order valence-electron chi connectivity index (χ0n) is 3.64. The van der Waals surface area contributed by atoms with Gasteiger partial charge in [0.25, 0.3) is 0 Å². The minimum Gasteiger partial charge on any atom is -0.481 e. The van der Waals surface area contributed by atoms with Gasteiger partial charge in [0.15, 0.2) is 0 Å². The second-order valence-electron chi connectivity index (χ2n) is 0.747. The van der Waals surface area contributed by atoms with Gasteiger partial charge in [-0.2, -0.15) is 0 Å². The molecule has 0 aliphatic rings. The third-order valence-corrected chi connectivity index (χ3v) is 0.302. The fourth-order valence-corrected chi connectivity index (χ4v) is 0. The normalized spacial score (nSPS) is 6.17. The van der Waals surface area contributed by atoms with Crippen molar-refractivity contribution in [3.05, 3.63) is 0 Å². The molecule has 0 saturated heterocycles. The van der Waals surface area contributed by atoms with Gasteiger partial charge in [0.1, 0.15) is 0 Å². The number of aliphatic carboxylic acids is 1. The molecule has 0 fully saturated rings. The van der Waals surface area contributed by atoms with Gasteiger partial charge in [0.2, 0.25) is 0 Å². The molecule has 0 aromatic rings. The number of carboxylic acid groups (broad SMARTS) is 1. The van der Waals surface area contributed by atoms with Crippen LogP contribution in [-0.4, -0.2) is 11.1 Å². The first kappa shape index (κ1) is 9.95. The molecular formula is C3H6O2Pr. The van der Waals surface area contributed by atoms with Crippen molar-refractivity contribution < 1.29 is 51.2 Å². The van der Waals surface area contributed by atoms with Crippen LogP contribution in [0.15, 0.2) is 0 Å². The van der Waals surface area contributed by atoms with Crippen molar-refractivity contribution in [2.45, 2.75) is 13.3 Å². The van der Waals surface area contributed by atoms with Crippen LogP contribution >= 0.6 is 0 Å². The van der Waals surface area contributed by atoms with E-state index in [1.807, 2.05) is 0 Å². The van der Waals surface area contributed by atoms with E-state index in [-0.39, 0.29) is 47.7 Å². The Hall–Kier alpha value is 0.834. The molecule has 1 N–H and O–H groups in total. The molecule has 1 radical (unpaired) electrons. The Balaban J connectivity index is 0. The third-order valence-electron chi connectivity index (χ3n) is 0.302. The summed E-state index contributed by atoms with van der Waals surface area (Å²) < 4.78 is 0. The maximum absolute atomic E-state index is 9.37. The predicted molar refractivity (Wildman–Crippen MR) is 17.9 cm³/mol. The average molecular weight is 215 g/mol. The summed E-state index contributed by atoms with van der Waals surface area (Å²) >= 11 is 0. The molecule has 2 nitrogen and oxygen atoms in total. The summed E-state index contributed by atoms with van der Waals surface area (Å²) in [4.78, 5) is 9.37. The second kappa shape index (κ2) is 5.83.